The van der Waals surface area contributed by atoms with Crippen LogP contribution in [0.2, 0.25) is 0 Å². The van der Waals surface area contributed by atoms with Gasteiger partial charge in [0.2, 0.25) is 0 Å². The average Bonchev–Trinajstić information content (AvgIpc) is 2.90. The maximum Gasteiger partial charge on any atom is 0.151 e. The minimum atomic E-state index is 0.243. The van der Waals surface area contributed by atoms with Crippen LogP contribution in [-0.4, -0.2) is 14.4 Å². The standard InChI is InChI=1S/C16H17BrN4/c1-11-14(5-3-7-18-11)12(2)19-9-13-10-21-8-4-6-15(17)16(21)20-13/h3-8,10,12,19H,9H2,1-2H3. The molecule has 1 N–H and O–H groups in total. The minimum absolute atomic E-state index is 0.243. The summed E-state index contributed by atoms with van der Waals surface area (Å²) in [6.45, 7) is 4.91. The zero-order valence-corrected chi connectivity index (χ0v) is 13.6. The SMILES string of the molecule is Cc1ncccc1C(C)NCc1cn2cccc(Br)c2n1. The van der Waals surface area contributed by atoms with Crippen LogP contribution in [0.1, 0.15) is 29.9 Å². The number of aryl methyl sites for hydroxylation is 1. The maximum atomic E-state index is 4.64. The van der Waals surface area contributed by atoms with Gasteiger partial charge < -0.3 is 9.72 Å². The second kappa shape index (κ2) is 5.95. The van der Waals surface area contributed by atoms with E-state index in [0.717, 1.165) is 28.1 Å². The van der Waals surface area contributed by atoms with Gasteiger partial charge in [0.25, 0.3) is 0 Å². The maximum absolute atomic E-state index is 4.64. The molecule has 0 saturated carbocycles. The molecule has 4 nitrogen and oxygen atoms in total. The Morgan fingerprint density at radius 2 is 2.19 bits per heavy atom. The van der Waals surface area contributed by atoms with E-state index in [9.17, 15) is 0 Å². The molecule has 0 saturated heterocycles. The Morgan fingerprint density at radius 1 is 1.33 bits per heavy atom. The van der Waals surface area contributed by atoms with Crippen molar-refractivity contribution in [3.8, 4) is 0 Å². The van der Waals surface area contributed by atoms with Gasteiger partial charge in [0.1, 0.15) is 0 Å². The first kappa shape index (κ1) is 14.2. The van der Waals surface area contributed by atoms with Crippen LogP contribution in [0.15, 0.2) is 47.3 Å². The van der Waals surface area contributed by atoms with Gasteiger partial charge in [-0.3, -0.25) is 4.98 Å². The fourth-order valence-electron chi connectivity index (χ4n) is 2.44. The molecule has 1 unspecified atom stereocenters. The molecule has 0 bridgehead atoms. The number of aromatic nitrogens is 3. The number of fused-ring (bicyclic) bond motifs is 1. The molecular formula is C16H17BrN4. The van der Waals surface area contributed by atoms with Crippen molar-refractivity contribution < 1.29 is 0 Å². The molecule has 0 spiro atoms. The fraction of sp³-hybridized carbons (Fsp3) is 0.250. The van der Waals surface area contributed by atoms with Crippen LogP contribution in [0, 0.1) is 6.92 Å². The molecule has 3 heterocycles. The highest BCUT2D eigenvalue weighted by Gasteiger charge is 2.10. The van der Waals surface area contributed by atoms with Gasteiger partial charge in [-0.25, -0.2) is 4.98 Å². The van der Waals surface area contributed by atoms with Crippen molar-refractivity contribution >= 4 is 21.6 Å². The number of hydrogen-bond acceptors (Lipinski definition) is 3. The lowest BCUT2D eigenvalue weighted by molar-refractivity contribution is 0.564. The van der Waals surface area contributed by atoms with Gasteiger partial charge >= 0.3 is 0 Å². The van der Waals surface area contributed by atoms with Gasteiger partial charge in [0.15, 0.2) is 5.65 Å². The van der Waals surface area contributed by atoms with Crippen LogP contribution >= 0.6 is 15.9 Å². The second-order valence-electron chi connectivity index (χ2n) is 5.10. The summed E-state index contributed by atoms with van der Waals surface area (Å²) in [5.41, 5.74) is 4.26. The monoisotopic (exact) mass is 344 g/mol. The average molecular weight is 345 g/mol. The predicted molar refractivity (Wildman–Crippen MR) is 87.1 cm³/mol. The number of hydrogen-bond donors (Lipinski definition) is 1. The zero-order chi connectivity index (χ0) is 14.8. The van der Waals surface area contributed by atoms with E-state index in [-0.39, 0.29) is 6.04 Å². The normalized spacial score (nSPS) is 12.7. The van der Waals surface area contributed by atoms with Gasteiger partial charge in [-0.05, 0) is 53.5 Å². The summed E-state index contributed by atoms with van der Waals surface area (Å²) < 4.78 is 3.04. The van der Waals surface area contributed by atoms with E-state index in [1.54, 1.807) is 0 Å². The second-order valence-corrected chi connectivity index (χ2v) is 5.95. The van der Waals surface area contributed by atoms with Crippen LogP contribution in [0.3, 0.4) is 0 Å². The Balaban J connectivity index is 1.74. The molecule has 0 radical (unpaired) electrons. The van der Waals surface area contributed by atoms with Crippen LogP contribution < -0.4 is 5.32 Å². The third kappa shape index (κ3) is 2.99. The molecule has 0 aliphatic carbocycles. The number of nitrogens with one attached hydrogen (secondary N) is 1. The summed E-state index contributed by atoms with van der Waals surface area (Å²) in [4.78, 5) is 8.97. The number of rotatable bonds is 4. The Bertz CT molecular complexity index is 766. The molecule has 21 heavy (non-hydrogen) atoms. The zero-order valence-electron chi connectivity index (χ0n) is 12.0. The minimum Gasteiger partial charge on any atom is -0.306 e. The van der Waals surface area contributed by atoms with Gasteiger partial charge in [-0.2, -0.15) is 0 Å². The highest BCUT2D eigenvalue weighted by Crippen LogP contribution is 2.18. The molecule has 3 aromatic rings. The molecule has 5 heteroatoms. The summed E-state index contributed by atoms with van der Waals surface area (Å²) >= 11 is 3.52. The first-order valence-electron chi connectivity index (χ1n) is 6.92. The summed E-state index contributed by atoms with van der Waals surface area (Å²) in [5.74, 6) is 0. The number of pyridine rings is 2. The first-order valence-corrected chi connectivity index (χ1v) is 7.71. The summed E-state index contributed by atoms with van der Waals surface area (Å²) in [6, 6.07) is 8.33. The first-order chi connectivity index (χ1) is 10.1. The molecule has 0 aliphatic heterocycles. The third-order valence-electron chi connectivity index (χ3n) is 3.59. The molecule has 1 atom stereocenters. The van der Waals surface area contributed by atoms with Crippen LogP contribution in [0.25, 0.3) is 5.65 Å². The predicted octanol–water partition coefficient (Wildman–Crippen LogP) is 3.65. The molecule has 0 fully saturated rings. The highest BCUT2D eigenvalue weighted by atomic mass is 79.9. The van der Waals surface area contributed by atoms with E-state index in [2.05, 4.69) is 50.4 Å². The topological polar surface area (TPSA) is 42.2 Å². The van der Waals surface area contributed by atoms with Crippen molar-refractivity contribution in [2.24, 2.45) is 0 Å². The van der Waals surface area contributed by atoms with E-state index in [1.807, 2.05) is 41.9 Å². The highest BCUT2D eigenvalue weighted by molar-refractivity contribution is 9.10. The summed E-state index contributed by atoms with van der Waals surface area (Å²) in [7, 11) is 0. The lowest BCUT2D eigenvalue weighted by Gasteiger charge is -2.14. The number of nitrogens with zero attached hydrogens (tertiary/aromatic N) is 3. The van der Waals surface area contributed by atoms with Crippen LogP contribution in [0.4, 0.5) is 0 Å². The van der Waals surface area contributed by atoms with Crippen molar-refractivity contribution in [1.29, 1.82) is 0 Å². The third-order valence-corrected chi connectivity index (χ3v) is 4.21. The lowest BCUT2D eigenvalue weighted by Crippen LogP contribution is -2.19. The van der Waals surface area contributed by atoms with Crippen LogP contribution in [0.5, 0.6) is 0 Å². The van der Waals surface area contributed by atoms with Gasteiger partial charge in [0, 0.05) is 36.9 Å². The Kier molecular flexibility index (Phi) is 4.03. The molecule has 0 amide bonds. The Morgan fingerprint density at radius 3 is 2.95 bits per heavy atom. The summed E-state index contributed by atoms with van der Waals surface area (Å²) in [6.07, 6.45) is 5.88. The molecule has 3 aromatic heterocycles. The molecule has 0 aliphatic rings. The van der Waals surface area contributed by atoms with Crippen molar-refractivity contribution in [3.63, 3.8) is 0 Å². The molecule has 108 valence electrons. The van der Waals surface area contributed by atoms with Crippen molar-refractivity contribution in [1.82, 2.24) is 19.7 Å². The van der Waals surface area contributed by atoms with Gasteiger partial charge in [-0.15, -0.1) is 0 Å². The number of imidazole rings is 1. The largest absolute Gasteiger partial charge is 0.306 e. The Hall–Kier alpha value is -1.72. The lowest BCUT2D eigenvalue weighted by atomic mass is 10.1. The number of halogens is 1. The van der Waals surface area contributed by atoms with Crippen LogP contribution in [-0.2, 0) is 6.54 Å². The fourth-order valence-corrected chi connectivity index (χ4v) is 2.88. The molecule has 0 aromatic carbocycles. The van der Waals surface area contributed by atoms with Gasteiger partial charge in [0.05, 0.1) is 10.2 Å². The quantitative estimate of drug-likeness (QED) is 0.785. The van der Waals surface area contributed by atoms with E-state index < -0.39 is 0 Å². The Labute approximate surface area is 132 Å². The van der Waals surface area contributed by atoms with Crippen molar-refractivity contribution in [2.45, 2.75) is 26.4 Å². The van der Waals surface area contributed by atoms with Crippen molar-refractivity contribution in [3.05, 3.63) is 64.3 Å². The van der Waals surface area contributed by atoms with E-state index >= 15 is 0 Å². The van der Waals surface area contributed by atoms with Crippen molar-refractivity contribution in [2.75, 3.05) is 0 Å². The van der Waals surface area contributed by atoms with E-state index in [1.165, 1.54) is 5.56 Å². The van der Waals surface area contributed by atoms with Gasteiger partial charge in [-0.1, -0.05) is 6.07 Å². The smallest absolute Gasteiger partial charge is 0.151 e. The summed E-state index contributed by atoms with van der Waals surface area (Å²) in [5, 5.41) is 3.51. The van der Waals surface area contributed by atoms with E-state index in [4.69, 9.17) is 0 Å². The molecule has 3 rings (SSSR count). The van der Waals surface area contributed by atoms with E-state index in [0.29, 0.717) is 0 Å². The molecular weight excluding hydrogens is 328 g/mol.